The number of carbonyl (C=O) groups is 3. The summed E-state index contributed by atoms with van der Waals surface area (Å²) in [5, 5.41) is 2.65. The van der Waals surface area contributed by atoms with E-state index in [1.807, 2.05) is 31.2 Å². The largest absolute Gasteiger partial charge is 0.486 e. The van der Waals surface area contributed by atoms with Crippen molar-refractivity contribution in [2.75, 3.05) is 19.8 Å². The smallest absolute Gasteiger partial charge is 0.306 e. The van der Waals surface area contributed by atoms with Gasteiger partial charge in [0.1, 0.15) is 12.7 Å². The fourth-order valence-corrected chi connectivity index (χ4v) is 3.42. The van der Waals surface area contributed by atoms with Crippen LogP contribution in [0.4, 0.5) is 0 Å². The number of carbonyl (C=O) groups excluding carboxylic acids is 3. The maximum absolute atomic E-state index is 12.0. The minimum Gasteiger partial charge on any atom is -0.486 e. The third-order valence-corrected chi connectivity index (χ3v) is 5.07. The molecule has 8 heteroatoms. The van der Waals surface area contributed by atoms with Crippen molar-refractivity contribution in [2.24, 2.45) is 0 Å². The molecule has 1 aliphatic rings. The number of hydrogen-bond acceptors (Lipinski definition) is 7. The second kappa shape index (κ2) is 9.36. The molecule has 2 aromatic rings. The molecule has 0 unspecified atom stereocenters. The molecule has 1 aromatic carbocycles. The lowest BCUT2D eigenvalue weighted by molar-refractivity contribution is -0.148. The van der Waals surface area contributed by atoms with Crippen molar-refractivity contribution in [1.29, 1.82) is 0 Å². The lowest BCUT2D eigenvalue weighted by Gasteiger charge is -2.26. The van der Waals surface area contributed by atoms with E-state index in [4.69, 9.17) is 14.2 Å². The van der Waals surface area contributed by atoms with Gasteiger partial charge >= 0.3 is 5.97 Å². The van der Waals surface area contributed by atoms with Crippen LogP contribution < -0.4 is 14.8 Å². The Labute approximate surface area is 166 Å². The van der Waals surface area contributed by atoms with Crippen LogP contribution >= 0.6 is 11.3 Å². The summed E-state index contributed by atoms with van der Waals surface area (Å²) in [4.78, 5) is 37.2. The Hall–Kier alpha value is -2.87. The fourth-order valence-electron chi connectivity index (χ4n) is 2.58. The molecule has 28 heavy (non-hydrogen) atoms. The van der Waals surface area contributed by atoms with E-state index in [1.54, 1.807) is 12.1 Å². The van der Waals surface area contributed by atoms with E-state index in [-0.39, 0.29) is 31.3 Å². The average molecular weight is 403 g/mol. The summed E-state index contributed by atoms with van der Waals surface area (Å²) in [6.45, 7) is 2.08. The molecule has 0 aliphatic carbocycles. The van der Waals surface area contributed by atoms with Crippen molar-refractivity contribution in [2.45, 2.75) is 25.9 Å². The average Bonchev–Trinajstić information content (AvgIpc) is 3.15. The predicted molar refractivity (Wildman–Crippen MR) is 103 cm³/mol. The maximum atomic E-state index is 12.0. The number of benzene rings is 1. The van der Waals surface area contributed by atoms with Crippen LogP contribution in [0.25, 0.3) is 0 Å². The van der Waals surface area contributed by atoms with E-state index >= 15 is 0 Å². The summed E-state index contributed by atoms with van der Waals surface area (Å²) in [5.41, 5.74) is 0. The first kappa shape index (κ1) is 19.9. The zero-order chi connectivity index (χ0) is 19.9. The van der Waals surface area contributed by atoms with Crippen molar-refractivity contribution in [3.8, 4) is 11.5 Å². The quantitative estimate of drug-likeness (QED) is 0.538. The van der Waals surface area contributed by atoms with Gasteiger partial charge in [0.2, 0.25) is 0 Å². The Bertz CT molecular complexity index is 862. The van der Waals surface area contributed by atoms with Gasteiger partial charge in [-0.25, -0.2) is 0 Å². The highest BCUT2D eigenvalue weighted by molar-refractivity contribution is 7.14. The predicted octanol–water partition coefficient (Wildman–Crippen LogP) is 2.52. The van der Waals surface area contributed by atoms with Crippen LogP contribution in [0.5, 0.6) is 11.5 Å². The summed E-state index contributed by atoms with van der Waals surface area (Å²) >= 11 is 1.39. The molecule has 1 atom stereocenters. The van der Waals surface area contributed by atoms with Crippen molar-refractivity contribution in [3.05, 3.63) is 46.2 Å². The van der Waals surface area contributed by atoms with Gasteiger partial charge in [-0.15, -0.1) is 11.3 Å². The SMILES string of the molecule is Cc1ccc(C(=O)CCC(=O)OCC(=O)NC[C@@H]2COc3ccccc3O2)s1. The van der Waals surface area contributed by atoms with E-state index in [9.17, 15) is 14.4 Å². The zero-order valence-corrected chi connectivity index (χ0v) is 16.3. The number of aryl methyl sites for hydroxylation is 1. The number of nitrogens with one attached hydrogen (secondary N) is 1. The third kappa shape index (κ3) is 5.56. The molecule has 0 saturated heterocycles. The maximum Gasteiger partial charge on any atom is 0.306 e. The molecular weight excluding hydrogens is 382 g/mol. The molecule has 0 spiro atoms. The number of ketones is 1. The first-order valence-electron chi connectivity index (χ1n) is 8.91. The van der Waals surface area contributed by atoms with Crippen molar-refractivity contribution < 1.29 is 28.6 Å². The number of esters is 1. The number of amides is 1. The summed E-state index contributed by atoms with van der Waals surface area (Å²) in [5.74, 6) is 0.185. The molecule has 1 aliphatic heterocycles. The van der Waals surface area contributed by atoms with Crippen molar-refractivity contribution in [1.82, 2.24) is 5.32 Å². The first-order chi connectivity index (χ1) is 13.5. The molecule has 0 bridgehead atoms. The highest BCUT2D eigenvalue weighted by atomic mass is 32.1. The Morgan fingerprint density at radius 3 is 2.68 bits per heavy atom. The minimum atomic E-state index is -0.581. The topological polar surface area (TPSA) is 90.9 Å². The van der Waals surface area contributed by atoms with Gasteiger partial charge in [-0.3, -0.25) is 14.4 Å². The summed E-state index contributed by atoms with van der Waals surface area (Å²) < 4.78 is 16.2. The van der Waals surface area contributed by atoms with Gasteiger partial charge < -0.3 is 19.5 Å². The Morgan fingerprint density at radius 1 is 1.14 bits per heavy atom. The number of ether oxygens (including phenoxy) is 3. The monoisotopic (exact) mass is 403 g/mol. The molecule has 148 valence electrons. The number of thiophene rings is 1. The van der Waals surface area contributed by atoms with Gasteiger partial charge in [0, 0.05) is 11.3 Å². The Morgan fingerprint density at radius 2 is 1.93 bits per heavy atom. The van der Waals surface area contributed by atoms with Gasteiger partial charge in [-0.2, -0.15) is 0 Å². The molecule has 0 radical (unpaired) electrons. The van der Waals surface area contributed by atoms with Crippen molar-refractivity contribution in [3.63, 3.8) is 0 Å². The third-order valence-electron chi connectivity index (χ3n) is 4.03. The first-order valence-corrected chi connectivity index (χ1v) is 9.73. The van der Waals surface area contributed by atoms with Crippen LogP contribution in [-0.2, 0) is 14.3 Å². The number of hydrogen-bond donors (Lipinski definition) is 1. The second-order valence-corrected chi connectivity index (χ2v) is 7.58. The van der Waals surface area contributed by atoms with E-state index in [0.717, 1.165) is 4.88 Å². The fraction of sp³-hybridized carbons (Fsp3) is 0.350. The zero-order valence-electron chi connectivity index (χ0n) is 15.4. The molecule has 3 rings (SSSR count). The van der Waals surface area contributed by atoms with E-state index in [1.165, 1.54) is 11.3 Å². The lowest BCUT2D eigenvalue weighted by Crippen LogP contribution is -2.42. The van der Waals surface area contributed by atoms with Crippen molar-refractivity contribution >= 4 is 29.0 Å². The van der Waals surface area contributed by atoms with Gasteiger partial charge in [0.05, 0.1) is 17.8 Å². The van der Waals surface area contributed by atoms with Crippen LogP contribution in [0.1, 0.15) is 27.4 Å². The summed E-state index contributed by atoms with van der Waals surface area (Å²) in [6.07, 6.45) is -0.312. The lowest BCUT2D eigenvalue weighted by atomic mass is 10.2. The molecule has 7 nitrogen and oxygen atoms in total. The van der Waals surface area contributed by atoms with E-state index in [0.29, 0.717) is 23.0 Å². The highest BCUT2D eigenvalue weighted by Crippen LogP contribution is 2.30. The van der Waals surface area contributed by atoms with Crippen LogP contribution in [0.2, 0.25) is 0 Å². The summed E-state index contributed by atoms with van der Waals surface area (Å²) in [6, 6.07) is 10.9. The molecule has 1 aromatic heterocycles. The molecule has 1 N–H and O–H groups in total. The second-order valence-electron chi connectivity index (χ2n) is 6.30. The van der Waals surface area contributed by atoms with Crippen LogP contribution in [0.15, 0.2) is 36.4 Å². The molecule has 0 fully saturated rings. The molecule has 1 amide bonds. The number of para-hydroxylation sites is 2. The normalized spacial score (nSPS) is 15.0. The summed E-state index contributed by atoms with van der Waals surface area (Å²) in [7, 11) is 0. The highest BCUT2D eigenvalue weighted by Gasteiger charge is 2.21. The Kier molecular flexibility index (Phi) is 6.65. The number of Topliss-reactive ketones (excluding diaryl/α,β-unsaturated/α-hetero) is 1. The van der Waals surface area contributed by atoms with E-state index < -0.39 is 18.5 Å². The van der Waals surface area contributed by atoms with E-state index in [2.05, 4.69) is 5.32 Å². The van der Waals surface area contributed by atoms with Gasteiger partial charge in [-0.1, -0.05) is 12.1 Å². The van der Waals surface area contributed by atoms with Crippen LogP contribution in [-0.4, -0.2) is 43.5 Å². The number of fused-ring (bicyclic) bond motifs is 1. The molecule has 2 heterocycles. The van der Waals surface area contributed by atoms with Crippen LogP contribution in [0, 0.1) is 6.92 Å². The Balaban J connectivity index is 1.32. The van der Waals surface area contributed by atoms with Gasteiger partial charge in [0.15, 0.2) is 23.9 Å². The molecular formula is C20H21NO6S. The number of rotatable bonds is 8. The molecule has 0 saturated carbocycles. The van der Waals surface area contributed by atoms with Gasteiger partial charge in [-0.05, 0) is 31.2 Å². The van der Waals surface area contributed by atoms with Gasteiger partial charge in [0.25, 0.3) is 5.91 Å². The van der Waals surface area contributed by atoms with Crippen LogP contribution in [0.3, 0.4) is 0 Å². The standard InChI is InChI=1S/C20H21NO6S/c1-13-6-8-18(28-13)15(22)7-9-20(24)26-12-19(23)21-10-14-11-25-16-4-2-3-5-17(16)27-14/h2-6,8,14H,7,9-12H2,1H3,(H,21,23)/t14-/m1/s1. The minimum absolute atomic E-state index is 0.0561.